The Morgan fingerprint density at radius 2 is 2.00 bits per heavy atom. The van der Waals surface area contributed by atoms with Gasteiger partial charge in [0.05, 0.1) is 0 Å². The van der Waals surface area contributed by atoms with Crippen LogP contribution in [0.3, 0.4) is 0 Å². The molecule has 0 bridgehead atoms. The molecule has 0 aromatic rings. The Balaban J connectivity index is 2.07. The summed E-state index contributed by atoms with van der Waals surface area (Å²) in [5, 5.41) is 3.48. The summed E-state index contributed by atoms with van der Waals surface area (Å²) in [7, 11) is 0. The highest BCUT2D eigenvalue weighted by Crippen LogP contribution is 2.09. The van der Waals surface area contributed by atoms with E-state index in [4.69, 9.17) is 11.5 Å². The maximum absolute atomic E-state index is 10.9. The van der Waals surface area contributed by atoms with Gasteiger partial charge in [0.1, 0.15) is 0 Å². The molecule has 1 saturated heterocycles. The van der Waals surface area contributed by atoms with Crippen molar-refractivity contribution in [3.63, 3.8) is 0 Å². The maximum atomic E-state index is 10.9. The van der Waals surface area contributed by atoms with Crippen molar-refractivity contribution in [1.82, 2.24) is 10.2 Å². The number of primary amides is 1. The van der Waals surface area contributed by atoms with Crippen LogP contribution in [-0.4, -0.2) is 43.2 Å². The van der Waals surface area contributed by atoms with E-state index < -0.39 is 0 Å². The van der Waals surface area contributed by atoms with Crippen molar-refractivity contribution >= 4 is 6.03 Å². The summed E-state index contributed by atoms with van der Waals surface area (Å²) in [5.74, 6) is 0. The van der Waals surface area contributed by atoms with E-state index in [-0.39, 0.29) is 6.03 Å². The minimum Gasteiger partial charge on any atom is -0.351 e. The fourth-order valence-corrected chi connectivity index (χ4v) is 1.88. The van der Waals surface area contributed by atoms with Crippen molar-refractivity contribution in [3.8, 4) is 0 Å². The van der Waals surface area contributed by atoms with Crippen LogP contribution in [0.1, 0.15) is 25.7 Å². The third kappa shape index (κ3) is 4.48. The lowest BCUT2D eigenvalue weighted by Gasteiger charge is -2.31. The summed E-state index contributed by atoms with van der Waals surface area (Å²) in [6, 6.07) is 0.245. The molecule has 0 atom stereocenters. The van der Waals surface area contributed by atoms with Crippen LogP contribution in [0.15, 0.2) is 0 Å². The highest BCUT2D eigenvalue weighted by Gasteiger charge is 2.20. The number of rotatable bonds is 5. The zero-order valence-corrected chi connectivity index (χ0v) is 9.24. The van der Waals surface area contributed by atoms with E-state index >= 15 is 0 Å². The number of nitrogens with two attached hydrogens (primary N) is 2. The van der Waals surface area contributed by atoms with Crippen molar-refractivity contribution in [1.29, 1.82) is 0 Å². The summed E-state index contributed by atoms with van der Waals surface area (Å²) in [4.78, 5) is 12.6. The van der Waals surface area contributed by atoms with Crippen molar-refractivity contribution in [3.05, 3.63) is 0 Å². The molecule has 0 unspecified atom stereocenters. The van der Waals surface area contributed by atoms with Crippen molar-refractivity contribution in [2.24, 2.45) is 11.5 Å². The van der Waals surface area contributed by atoms with Gasteiger partial charge in [-0.25, -0.2) is 4.79 Å². The van der Waals surface area contributed by atoms with Crippen LogP contribution in [0, 0.1) is 0 Å². The molecule has 0 radical (unpaired) electrons. The molecular weight excluding hydrogens is 192 g/mol. The summed E-state index contributed by atoms with van der Waals surface area (Å²) < 4.78 is 0. The smallest absolute Gasteiger partial charge is 0.314 e. The van der Waals surface area contributed by atoms with Gasteiger partial charge in [-0.05, 0) is 38.8 Å². The molecule has 5 nitrogen and oxygen atoms in total. The normalized spacial score (nSPS) is 18.1. The quantitative estimate of drug-likeness (QED) is 0.557. The molecule has 0 aliphatic carbocycles. The summed E-state index contributed by atoms with van der Waals surface area (Å²) >= 11 is 0. The predicted octanol–water partition coefficient (Wildman–Crippen LogP) is -0.142. The topological polar surface area (TPSA) is 84.4 Å². The van der Waals surface area contributed by atoms with E-state index in [9.17, 15) is 4.79 Å². The molecule has 5 heteroatoms. The van der Waals surface area contributed by atoms with Crippen LogP contribution in [0.25, 0.3) is 0 Å². The molecule has 88 valence electrons. The number of likely N-dealkylation sites (tertiary alicyclic amines) is 1. The average Bonchev–Trinajstić information content (AvgIpc) is 2.25. The number of urea groups is 1. The first-order chi connectivity index (χ1) is 7.24. The third-order valence-corrected chi connectivity index (χ3v) is 2.87. The average molecular weight is 214 g/mol. The summed E-state index contributed by atoms with van der Waals surface area (Å²) in [6.45, 7) is 3.36. The molecule has 1 heterocycles. The number of nitrogens with zero attached hydrogens (tertiary/aromatic N) is 1. The van der Waals surface area contributed by atoms with Crippen LogP contribution in [-0.2, 0) is 0 Å². The van der Waals surface area contributed by atoms with Gasteiger partial charge in [-0.15, -0.1) is 0 Å². The van der Waals surface area contributed by atoms with E-state index in [1.54, 1.807) is 4.90 Å². The second-order valence-electron chi connectivity index (χ2n) is 4.05. The van der Waals surface area contributed by atoms with Gasteiger partial charge in [0, 0.05) is 19.1 Å². The highest BCUT2D eigenvalue weighted by atomic mass is 16.2. The lowest BCUT2D eigenvalue weighted by molar-refractivity contribution is 0.185. The van der Waals surface area contributed by atoms with E-state index in [0.29, 0.717) is 6.04 Å². The molecule has 0 saturated carbocycles. The van der Waals surface area contributed by atoms with Crippen molar-refractivity contribution in [2.75, 3.05) is 26.2 Å². The van der Waals surface area contributed by atoms with Gasteiger partial charge in [0.15, 0.2) is 0 Å². The molecular formula is C10H22N4O. The Kier molecular flexibility index (Phi) is 5.42. The van der Waals surface area contributed by atoms with Crippen LogP contribution in [0.4, 0.5) is 4.79 Å². The number of unbranched alkanes of at least 4 members (excludes halogenated alkanes) is 1. The molecule has 15 heavy (non-hydrogen) atoms. The first-order valence-electron chi connectivity index (χ1n) is 5.72. The second-order valence-corrected chi connectivity index (χ2v) is 4.05. The number of carbonyl (C=O) groups excluding carboxylic acids is 1. The molecule has 2 amide bonds. The largest absolute Gasteiger partial charge is 0.351 e. The minimum atomic E-state index is -0.295. The zero-order chi connectivity index (χ0) is 11.1. The van der Waals surface area contributed by atoms with Crippen LogP contribution >= 0.6 is 0 Å². The van der Waals surface area contributed by atoms with Crippen LogP contribution < -0.4 is 16.8 Å². The summed E-state index contributed by atoms with van der Waals surface area (Å²) in [6.07, 6.45) is 4.22. The van der Waals surface area contributed by atoms with Crippen molar-refractivity contribution < 1.29 is 4.79 Å². The van der Waals surface area contributed by atoms with E-state index in [0.717, 1.165) is 51.9 Å². The standard InChI is InChI=1S/C10H22N4O/c11-5-1-2-6-13-9-3-7-14(8-4-9)10(12)15/h9,13H,1-8,11H2,(H2,12,15). The second kappa shape index (κ2) is 6.63. The number of hydrogen-bond acceptors (Lipinski definition) is 3. The van der Waals surface area contributed by atoms with Gasteiger partial charge in [-0.2, -0.15) is 0 Å². The molecule has 1 fully saturated rings. The Bertz CT molecular complexity index is 190. The zero-order valence-electron chi connectivity index (χ0n) is 9.24. The van der Waals surface area contributed by atoms with Gasteiger partial charge in [0.25, 0.3) is 0 Å². The molecule has 0 spiro atoms. The molecule has 0 aromatic carbocycles. The summed E-state index contributed by atoms with van der Waals surface area (Å²) in [5.41, 5.74) is 10.6. The Hall–Kier alpha value is -0.810. The third-order valence-electron chi connectivity index (χ3n) is 2.87. The van der Waals surface area contributed by atoms with E-state index in [2.05, 4.69) is 5.32 Å². The maximum Gasteiger partial charge on any atom is 0.314 e. The molecule has 0 aromatic heterocycles. The van der Waals surface area contributed by atoms with Gasteiger partial charge < -0.3 is 21.7 Å². The van der Waals surface area contributed by atoms with Crippen LogP contribution in [0.2, 0.25) is 0 Å². The van der Waals surface area contributed by atoms with Crippen LogP contribution in [0.5, 0.6) is 0 Å². The van der Waals surface area contributed by atoms with E-state index in [1.165, 1.54) is 0 Å². The number of nitrogens with one attached hydrogen (secondary N) is 1. The number of amides is 2. The SMILES string of the molecule is NCCCCNC1CCN(C(N)=O)CC1. The minimum absolute atomic E-state index is 0.295. The molecule has 5 N–H and O–H groups in total. The van der Waals surface area contributed by atoms with Crippen molar-refractivity contribution in [2.45, 2.75) is 31.7 Å². The Labute approximate surface area is 91.2 Å². The first kappa shape index (κ1) is 12.3. The Morgan fingerprint density at radius 1 is 1.33 bits per heavy atom. The van der Waals surface area contributed by atoms with Gasteiger partial charge >= 0.3 is 6.03 Å². The molecule has 1 aliphatic rings. The Morgan fingerprint density at radius 3 is 2.53 bits per heavy atom. The van der Waals surface area contributed by atoms with Gasteiger partial charge in [-0.3, -0.25) is 0 Å². The highest BCUT2D eigenvalue weighted by molar-refractivity contribution is 5.72. The lowest BCUT2D eigenvalue weighted by atomic mass is 10.1. The lowest BCUT2D eigenvalue weighted by Crippen LogP contribution is -2.46. The molecule has 1 rings (SSSR count). The van der Waals surface area contributed by atoms with Gasteiger partial charge in [-0.1, -0.05) is 0 Å². The fraction of sp³-hybridized carbons (Fsp3) is 0.900. The first-order valence-corrected chi connectivity index (χ1v) is 5.72. The fourth-order valence-electron chi connectivity index (χ4n) is 1.88. The molecule has 1 aliphatic heterocycles. The van der Waals surface area contributed by atoms with Gasteiger partial charge in [0.2, 0.25) is 0 Å². The number of carbonyl (C=O) groups is 1. The number of piperidine rings is 1. The predicted molar refractivity (Wildman–Crippen MR) is 60.5 cm³/mol. The number of hydrogen-bond donors (Lipinski definition) is 3. The van der Waals surface area contributed by atoms with E-state index in [1.807, 2.05) is 0 Å². The monoisotopic (exact) mass is 214 g/mol.